The van der Waals surface area contributed by atoms with E-state index in [1.54, 1.807) is 0 Å². The van der Waals surface area contributed by atoms with Crippen LogP contribution in [0.3, 0.4) is 0 Å². The lowest BCUT2D eigenvalue weighted by Gasteiger charge is -2.27. The molecule has 0 radical (unpaired) electrons. The predicted octanol–water partition coefficient (Wildman–Crippen LogP) is 8.00. The van der Waals surface area contributed by atoms with Crippen LogP contribution in [0.15, 0.2) is 46.6 Å². The highest BCUT2D eigenvalue weighted by atomic mass is 35.5. The first-order chi connectivity index (χ1) is 16.0. The minimum Gasteiger partial charge on any atom is -0.336 e. The zero-order chi connectivity index (χ0) is 23.1. The van der Waals surface area contributed by atoms with Gasteiger partial charge in [0.2, 0.25) is 0 Å². The number of aliphatic imine (C=N–C) groups is 1. The molecule has 2 heterocycles. The van der Waals surface area contributed by atoms with Crippen molar-refractivity contribution in [1.29, 1.82) is 0 Å². The average molecular weight is 463 g/mol. The van der Waals surface area contributed by atoms with Gasteiger partial charge in [0.25, 0.3) is 0 Å². The fourth-order valence-corrected chi connectivity index (χ4v) is 5.97. The maximum atomic E-state index is 12.8. The van der Waals surface area contributed by atoms with Crippen molar-refractivity contribution in [2.75, 3.05) is 0 Å². The fraction of sp³-hybridized carbons (Fsp3) is 0.517. The molecule has 5 rings (SSSR count). The second kappa shape index (κ2) is 9.25. The van der Waals surface area contributed by atoms with E-state index in [2.05, 4.69) is 43.5 Å². The number of hydrogen-bond donors (Lipinski definition) is 0. The third kappa shape index (κ3) is 4.37. The van der Waals surface area contributed by atoms with Gasteiger partial charge in [-0.15, -0.1) is 0 Å². The van der Waals surface area contributed by atoms with Crippen LogP contribution in [0.4, 0.5) is 0 Å². The van der Waals surface area contributed by atoms with E-state index in [1.165, 1.54) is 59.8 Å². The summed E-state index contributed by atoms with van der Waals surface area (Å²) in [5, 5.41) is 2.08. The Balaban J connectivity index is 1.69. The summed E-state index contributed by atoms with van der Waals surface area (Å²) >= 11 is 6.49. The Hall–Kier alpha value is -2.13. The molecule has 3 nitrogen and oxygen atoms in total. The van der Waals surface area contributed by atoms with E-state index in [4.69, 9.17) is 16.6 Å². The molecule has 174 valence electrons. The monoisotopic (exact) mass is 462 g/mol. The third-order valence-corrected chi connectivity index (χ3v) is 7.64. The van der Waals surface area contributed by atoms with Crippen LogP contribution >= 0.6 is 11.6 Å². The smallest absolute Gasteiger partial charge is 0.164 e. The Morgan fingerprint density at radius 1 is 1.21 bits per heavy atom. The Morgan fingerprint density at radius 2 is 2.00 bits per heavy atom. The summed E-state index contributed by atoms with van der Waals surface area (Å²) in [5.74, 6) is 0.901. The summed E-state index contributed by atoms with van der Waals surface area (Å²) in [6.45, 7) is 6.45. The van der Waals surface area contributed by atoms with Gasteiger partial charge in [-0.2, -0.15) is 0 Å². The summed E-state index contributed by atoms with van der Waals surface area (Å²) in [5.41, 5.74) is 7.28. The second-order valence-corrected chi connectivity index (χ2v) is 10.9. The molecule has 1 aromatic carbocycles. The summed E-state index contributed by atoms with van der Waals surface area (Å²) in [6.07, 6.45) is 14.0. The zero-order valence-electron chi connectivity index (χ0n) is 20.2. The van der Waals surface area contributed by atoms with Crippen LogP contribution < -0.4 is 0 Å². The Kier molecular flexibility index (Phi) is 6.35. The third-order valence-electron chi connectivity index (χ3n) is 7.41. The molecule has 1 unspecified atom stereocenters. The van der Waals surface area contributed by atoms with Crippen molar-refractivity contribution in [3.63, 3.8) is 0 Å². The summed E-state index contributed by atoms with van der Waals surface area (Å²) in [7, 11) is 0. The van der Waals surface area contributed by atoms with Gasteiger partial charge in [-0.05, 0) is 61.4 Å². The van der Waals surface area contributed by atoms with E-state index in [0.29, 0.717) is 24.3 Å². The van der Waals surface area contributed by atoms with Gasteiger partial charge in [0.1, 0.15) is 0 Å². The lowest BCUT2D eigenvalue weighted by Crippen LogP contribution is -2.20. The average Bonchev–Trinajstić information content (AvgIpc) is 3.51. The molecular weight excluding hydrogens is 428 g/mol. The first kappa shape index (κ1) is 22.7. The molecule has 1 atom stereocenters. The maximum absolute atomic E-state index is 12.8. The van der Waals surface area contributed by atoms with Crippen LogP contribution in [0.1, 0.15) is 89.4 Å². The van der Waals surface area contributed by atoms with Gasteiger partial charge in [-0.1, -0.05) is 63.6 Å². The van der Waals surface area contributed by atoms with Crippen molar-refractivity contribution >= 4 is 34.0 Å². The number of fused-ring (bicyclic) bond motifs is 2. The topological polar surface area (TPSA) is 34.4 Å². The molecule has 0 amide bonds. The molecule has 3 aliphatic rings. The quantitative estimate of drug-likeness (QED) is 0.410. The number of halogens is 1. The number of allylic oxidation sites excluding steroid dienone is 3. The van der Waals surface area contributed by atoms with E-state index in [1.807, 2.05) is 12.3 Å². The molecule has 0 bridgehead atoms. The van der Waals surface area contributed by atoms with Crippen LogP contribution in [-0.4, -0.2) is 16.1 Å². The van der Waals surface area contributed by atoms with E-state index >= 15 is 0 Å². The number of aryl methyl sites for hydroxylation is 1. The Morgan fingerprint density at radius 3 is 2.73 bits per heavy atom. The Bertz CT molecular complexity index is 1170. The largest absolute Gasteiger partial charge is 0.336 e. The fourth-order valence-electron chi connectivity index (χ4n) is 5.79. The van der Waals surface area contributed by atoms with Crippen molar-refractivity contribution in [1.82, 2.24) is 4.57 Å². The highest BCUT2D eigenvalue weighted by Gasteiger charge is 2.40. The van der Waals surface area contributed by atoms with E-state index in [0.717, 1.165) is 35.6 Å². The number of aromatic nitrogens is 1. The number of benzene rings is 1. The first-order valence-electron chi connectivity index (χ1n) is 12.8. The predicted molar refractivity (Wildman–Crippen MR) is 138 cm³/mol. The first-order valence-corrected chi connectivity index (χ1v) is 13.2. The highest BCUT2D eigenvalue weighted by Crippen LogP contribution is 2.46. The van der Waals surface area contributed by atoms with Crippen LogP contribution in [-0.2, 0) is 11.2 Å². The molecule has 0 spiro atoms. The van der Waals surface area contributed by atoms with Crippen LogP contribution in [0.25, 0.3) is 10.9 Å². The zero-order valence-corrected chi connectivity index (χ0v) is 20.9. The van der Waals surface area contributed by atoms with E-state index in [9.17, 15) is 4.79 Å². The van der Waals surface area contributed by atoms with Crippen molar-refractivity contribution < 1.29 is 4.79 Å². The maximum Gasteiger partial charge on any atom is 0.164 e. The number of hydrogen-bond acceptors (Lipinski definition) is 2. The van der Waals surface area contributed by atoms with Crippen molar-refractivity contribution in [2.24, 2.45) is 16.8 Å². The molecule has 2 fully saturated rings. The molecule has 2 aromatic rings. The SMILES string of the molecule is CCCc1c(C2=NC=C(C(=O)CC(C)C)C=C3CC32)n(C2CCCCC2)c2ccc(Cl)cc12. The molecule has 1 aliphatic heterocycles. The van der Waals surface area contributed by atoms with Gasteiger partial charge >= 0.3 is 0 Å². The molecule has 2 aliphatic carbocycles. The number of Topliss-reactive ketones (excluding diaryl/α,β-unsaturated/α-hetero) is 1. The molecule has 1 aromatic heterocycles. The number of carbonyl (C=O) groups is 1. The van der Waals surface area contributed by atoms with Gasteiger partial charge in [0.05, 0.1) is 11.4 Å². The van der Waals surface area contributed by atoms with Gasteiger partial charge in [0, 0.05) is 46.1 Å². The van der Waals surface area contributed by atoms with Crippen LogP contribution in [0.5, 0.6) is 0 Å². The molecule has 0 saturated heterocycles. The van der Waals surface area contributed by atoms with Gasteiger partial charge in [-0.25, -0.2) is 0 Å². The highest BCUT2D eigenvalue weighted by molar-refractivity contribution is 6.31. The summed E-state index contributed by atoms with van der Waals surface area (Å²) in [6, 6.07) is 6.90. The number of rotatable bonds is 7. The van der Waals surface area contributed by atoms with Crippen molar-refractivity contribution in [3.8, 4) is 0 Å². The summed E-state index contributed by atoms with van der Waals surface area (Å²) in [4.78, 5) is 17.9. The number of nitrogens with zero attached hydrogens (tertiary/aromatic N) is 2. The lowest BCUT2D eigenvalue weighted by atomic mass is 9.94. The van der Waals surface area contributed by atoms with Crippen LogP contribution in [0, 0.1) is 11.8 Å². The van der Waals surface area contributed by atoms with E-state index < -0.39 is 0 Å². The summed E-state index contributed by atoms with van der Waals surface area (Å²) < 4.78 is 2.61. The second-order valence-electron chi connectivity index (χ2n) is 10.5. The van der Waals surface area contributed by atoms with Gasteiger partial charge in [0.15, 0.2) is 5.78 Å². The minimum atomic E-state index is 0.210. The molecule has 0 N–H and O–H groups in total. The molecule has 33 heavy (non-hydrogen) atoms. The lowest BCUT2D eigenvalue weighted by molar-refractivity contribution is -0.115. The number of carbonyl (C=O) groups excluding carboxylic acids is 1. The van der Waals surface area contributed by atoms with Crippen LogP contribution in [0.2, 0.25) is 5.02 Å². The Labute approximate surface area is 202 Å². The van der Waals surface area contributed by atoms with Crippen molar-refractivity contribution in [3.05, 3.63) is 57.9 Å². The number of ketones is 1. The molecular formula is C29H35ClN2O. The van der Waals surface area contributed by atoms with Gasteiger partial charge in [-0.3, -0.25) is 9.79 Å². The molecule has 2 saturated carbocycles. The standard InChI is InChI=1S/C29H35ClN2O/c1-4-8-23-25-16-21(30)11-12-26(25)32(22-9-6-5-7-10-22)29(23)28-24-15-19(24)14-20(17-31-28)27(33)13-18(2)3/h11-12,14,16-18,22,24H,4-10,13,15H2,1-3H3. The van der Waals surface area contributed by atoms with Crippen molar-refractivity contribution in [2.45, 2.75) is 84.6 Å². The normalized spacial score (nSPS) is 20.9. The minimum absolute atomic E-state index is 0.210. The molecule has 4 heteroatoms. The van der Waals surface area contributed by atoms with Gasteiger partial charge < -0.3 is 4.57 Å². The van der Waals surface area contributed by atoms with E-state index in [-0.39, 0.29) is 5.78 Å².